The molecule has 50 heavy (non-hydrogen) atoms. The summed E-state index contributed by atoms with van der Waals surface area (Å²) in [5.74, 6) is 5.23. The first-order chi connectivity index (χ1) is 24.0. The van der Waals surface area contributed by atoms with E-state index in [0.717, 1.165) is 46.9 Å². The van der Waals surface area contributed by atoms with E-state index in [2.05, 4.69) is 107 Å². The van der Waals surface area contributed by atoms with Crippen molar-refractivity contribution in [3.05, 3.63) is 122 Å². The molecule has 1 aliphatic heterocycles. The van der Waals surface area contributed by atoms with Gasteiger partial charge in [-0.25, -0.2) is 0 Å². The number of fused-ring (bicyclic) bond motifs is 1. The van der Waals surface area contributed by atoms with Gasteiger partial charge in [-0.15, -0.1) is 17.7 Å². The van der Waals surface area contributed by atoms with E-state index in [4.69, 9.17) is 0 Å². The van der Waals surface area contributed by atoms with Crippen molar-refractivity contribution in [3.8, 4) is 0 Å². The molecule has 0 saturated heterocycles. The molecule has 4 aromatic carbocycles. The Kier molecular flexibility index (Phi) is 8.50. The average molecular weight is 856 g/mol. The predicted molar refractivity (Wildman–Crippen MR) is 201 cm³/mol. The minimum Gasteiger partial charge on any atom is -0.493 e. The Balaban J connectivity index is 0.000000138. The minimum atomic E-state index is -2.53. The minimum absolute atomic E-state index is 0. The van der Waals surface area contributed by atoms with Gasteiger partial charge in [-0.1, -0.05) is 30.3 Å². The van der Waals surface area contributed by atoms with Gasteiger partial charge in [0.25, 0.3) is 0 Å². The van der Waals surface area contributed by atoms with E-state index in [1.54, 1.807) is 0 Å². The summed E-state index contributed by atoms with van der Waals surface area (Å²) in [6.07, 6.45) is 16.3. The Bertz CT molecular complexity index is 1680. The van der Waals surface area contributed by atoms with E-state index in [1.165, 1.54) is 93.7 Å². The largest absolute Gasteiger partial charge is 3.00 e. The van der Waals surface area contributed by atoms with Gasteiger partial charge in [-0.05, 0) is 137 Å². The molecule has 3 nitrogen and oxygen atoms in total. The Morgan fingerprint density at radius 2 is 0.980 bits per heavy atom. The van der Waals surface area contributed by atoms with Gasteiger partial charge in [0.2, 0.25) is 0 Å². The van der Waals surface area contributed by atoms with E-state index in [0.29, 0.717) is 0 Å². The van der Waals surface area contributed by atoms with Crippen LogP contribution in [0.15, 0.2) is 103 Å². The van der Waals surface area contributed by atoms with Crippen molar-refractivity contribution in [2.24, 2.45) is 35.5 Å². The van der Waals surface area contributed by atoms with Crippen molar-refractivity contribution in [1.29, 1.82) is 0 Å². The maximum Gasteiger partial charge on any atom is 3.00 e. The van der Waals surface area contributed by atoms with E-state index >= 15 is 4.57 Å². The molecule has 0 atom stereocenters. The predicted octanol–water partition coefficient (Wildman–Crippen LogP) is 11.3. The third-order valence-corrected chi connectivity index (χ3v) is 18.7. The summed E-state index contributed by atoms with van der Waals surface area (Å²) in [5.41, 5.74) is 4.55. The number of nitrogens with zero attached hydrogens (tertiary/aromatic N) is 2. The molecule has 1 heterocycles. The van der Waals surface area contributed by atoms with Gasteiger partial charge in [0.1, 0.15) is 7.14 Å². The fourth-order valence-corrected chi connectivity index (χ4v) is 18.8. The van der Waals surface area contributed by atoms with Crippen LogP contribution >= 0.6 is 7.14 Å². The molecule has 8 aliphatic carbocycles. The molecule has 258 valence electrons. The van der Waals surface area contributed by atoms with Crippen molar-refractivity contribution in [2.45, 2.75) is 87.4 Å². The standard InChI is InChI=1S/C26H34OP.C19H14N2.Ir/c27-28(24-4-2-1-3-5-24,25-12-18-6-19(13-25)8-20(7-18)14-25)26-15-21-9-22(16-26)11-23(10-21)17-26;1-3-9-16(10-4-1)20-15-21(17-11-5-2-6-12-17)19-14-8-7-13-18(19)20;/h1-4,18-23H,6-17H2;1-11,13-15H;/q-1;-2;+3. The number of hydrogen-bond acceptors (Lipinski definition) is 3. The van der Waals surface area contributed by atoms with E-state index < -0.39 is 7.14 Å². The van der Waals surface area contributed by atoms with E-state index in [1.807, 2.05) is 24.3 Å². The molecule has 8 fully saturated rings. The fraction of sp³-hybridized carbons (Fsp3) is 0.444. The molecule has 0 aromatic heterocycles. The molecule has 9 aliphatic rings. The number of anilines is 4. The van der Waals surface area contributed by atoms with Gasteiger partial charge >= 0.3 is 20.1 Å². The smallest absolute Gasteiger partial charge is 0.493 e. The number of rotatable bonds is 5. The Morgan fingerprint density at radius 1 is 0.540 bits per heavy atom. The summed E-state index contributed by atoms with van der Waals surface area (Å²) < 4.78 is 15.9. The molecule has 13 rings (SSSR count). The first-order valence-corrected chi connectivity index (χ1v) is 20.8. The van der Waals surface area contributed by atoms with Crippen LogP contribution in [0.2, 0.25) is 0 Å². The number of benzene rings is 4. The second-order valence-electron chi connectivity index (χ2n) is 17.1. The van der Waals surface area contributed by atoms with Crippen molar-refractivity contribution in [1.82, 2.24) is 0 Å². The zero-order valence-corrected chi connectivity index (χ0v) is 32.2. The van der Waals surface area contributed by atoms with Gasteiger partial charge in [-0.3, -0.25) is 0 Å². The average Bonchev–Trinajstić information content (AvgIpc) is 3.51. The second kappa shape index (κ2) is 12.8. The first-order valence-electron chi connectivity index (χ1n) is 19.1. The molecule has 4 aromatic rings. The third kappa shape index (κ3) is 5.25. The Morgan fingerprint density at radius 3 is 1.44 bits per heavy atom. The monoisotopic (exact) mass is 856 g/mol. The maximum atomic E-state index is 15.9. The van der Waals surface area contributed by atoms with Crippen LogP contribution in [-0.2, 0) is 24.7 Å². The summed E-state index contributed by atoms with van der Waals surface area (Å²) >= 11 is 0. The molecule has 0 unspecified atom stereocenters. The van der Waals surface area contributed by atoms with E-state index in [-0.39, 0.29) is 30.4 Å². The molecule has 8 bridgehead atoms. The van der Waals surface area contributed by atoms with Crippen molar-refractivity contribution >= 4 is 35.2 Å². The second-order valence-corrected chi connectivity index (χ2v) is 20.7. The SMILES string of the molecule is O=P(c1[c-]cccc1)(C12CC3CC(CC(C3)C1)C2)C12CC3CC(CC(C3)C1)C2.[Ir+3].[c-]1ccccc1N1[CH-]N(c2ccccc2)c2ccccc21. The van der Waals surface area contributed by atoms with Crippen LogP contribution in [0.25, 0.3) is 0 Å². The van der Waals surface area contributed by atoms with Crippen molar-refractivity contribution in [3.63, 3.8) is 0 Å². The summed E-state index contributed by atoms with van der Waals surface area (Å²) in [6, 6.07) is 42.2. The quantitative estimate of drug-likeness (QED) is 0.148. The van der Waals surface area contributed by atoms with Crippen LogP contribution in [0.5, 0.6) is 0 Å². The third-order valence-electron chi connectivity index (χ3n) is 14.0. The fourth-order valence-electron chi connectivity index (χ4n) is 13.1. The summed E-state index contributed by atoms with van der Waals surface area (Å²) in [4.78, 5) is 4.37. The van der Waals surface area contributed by atoms with E-state index in [9.17, 15) is 0 Å². The number of hydrogen-bond donors (Lipinski definition) is 0. The van der Waals surface area contributed by atoms with Gasteiger partial charge in [-0.2, -0.15) is 60.7 Å². The van der Waals surface area contributed by atoms with Crippen LogP contribution in [0.3, 0.4) is 0 Å². The van der Waals surface area contributed by atoms with Gasteiger partial charge in [0.15, 0.2) is 0 Å². The van der Waals surface area contributed by atoms with Gasteiger partial charge in [0.05, 0.1) is 0 Å². The first kappa shape index (κ1) is 33.2. The summed E-state index contributed by atoms with van der Waals surface area (Å²) in [6.45, 7) is 2.12. The van der Waals surface area contributed by atoms with Crippen LogP contribution in [0.1, 0.15) is 77.0 Å². The zero-order chi connectivity index (χ0) is 32.6. The van der Waals surface area contributed by atoms with Gasteiger partial charge < -0.3 is 14.4 Å². The van der Waals surface area contributed by atoms with Crippen LogP contribution in [0, 0.1) is 54.3 Å². The molecular weight excluding hydrogens is 808 g/mol. The molecule has 0 N–H and O–H groups in total. The maximum absolute atomic E-state index is 15.9. The Hall–Kier alpha value is -2.64. The van der Waals surface area contributed by atoms with Crippen LogP contribution in [-0.4, -0.2) is 10.3 Å². The van der Waals surface area contributed by atoms with Crippen molar-refractivity contribution in [2.75, 3.05) is 9.80 Å². The van der Waals surface area contributed by atoms with Crippen molar-refractivity contribution < 1.29 is 24.7 Å². The number of para-hydroxylation sites is 4. The zero-order valence-electron chi connectivity index (χ0n) is 28.9. The molecule has 8 saturated carbocycles. The molecular formula is C45H48IrN2OP. The molecule has 0 amide bonds. The van der Waals surface area contributed by atoms with Crippen LogP contribution < -0.4 is 15.1 Å². The Labute approximate surface area is 313 Å². The van der Waals surface area contributed by atoms with Gasteiger partial charge in [0, 0.05) is 27.4 Å². The summed E-state index contributed by atoms with van der Waals surface area (Å²) in [5, 5.41) is 1.43. The molecule has 0 radical (unpaired) electrons. The molecule has 5 heteroatoms. The topological polar surface area (TPSA) is 23.6 Å². The normalized spacial score (nSPS) is 35.1. The van der Waals surface area contributed by atoms with Crippen LogP contribution in [0.4, 0.5) is 22.7 Å². The molecule has 0 spiro atoms. The summed E-state index contributed by atoms with van der Waals surface area (Å²) in [7, 11) is -2.53.